The minimum atomic E-state index is -4.75. The number of piperazine rings is 1. The number of benzene rings is 2. The van der Waals surface area contributed by atoms with E-state index in [1.54, 1.807) is 17.2 Å². The van der Waals surface area contributed by atoms with Crippen LogP contribution in [-0.2, 0) is 0 Å². The standard InChI is InChI=1S/C25H22ClF3N6O2S/c1-15-3-2-4-18(26)22(15)33-24(36)35-11-9-34(10-12-35)21-8-5-16(14-30-21)31-23-32-19-7-6-17(13-20(19)38-23)37-25(27,28)29/h2-8,13-14H,9-12H2,1H3,(H,31,32)(H,33,36). The van der Waals surface area contributed by atoms with Crippen molar-refractivity contribution in [3.63, 3.8) is 0 Å². The van der Waals surface area contributed by atoms with Gasteiger partial charge in [0.25, 0.3) is 0 Å². The van der Waals surface area contributed by atoms with Crippen LogP contribution in [0.1, 0.15) is 5.56 Å². The number of urea groups is 1. The van der Waals surface area contributed by atoms with Gasteiger partial charge >= 0.3 is 12.4 Å². The Kier molecular flexibility index (Phi) is 7.17. The van der Waals surface area contributed by atoms with E-state index in [1.807, 2.05) is 31.2 Å². The normalized spacial score (nSPS) is 14.0. The van der Waals surface area contributed by atoms with Crippen molar-refractivity contribution >= 4 is 61.5 Å². The number of amides is 2. The lowest BCUT2D eigenvalue weighted by atomic mass is 10.2. The van der Waals surface area contributed by atoms with Crippen molar-refractivity contribution in [3.05, 3.63) is 65.3 Å². The first kappa shape index (κ1) is 25.9. The summed E-state index contributed by atoms with van der Waals surface area (Å²) in [5.74, 6) is 0.485. The number of hydrogen-bond donors (Lipinski definition) is 2. The number of nitrogens with zero attached hydrogens (tertiary/aromatic N) is 4. The second kappa shape index (κ2) is 10.5. The first-order valence-corrected chi connectivity index (χ1v) is 12.8. The van der Waals surface area contributed by atoms with Gasteiger partial charge in [-0.25, -0.2) is 14.8 Å². The predicted octanol–water partition coefficient (Wildman–Crippen LogP) is 6.65. The van der Waals surface area contributed by atoms with Gasteiger partial charge in [-0.05, 0) is 42.8 Å². The van der Waals surface area contributed by atoms with Crippen LogP contribution in [0.4, 0.5) is 40.3 Å². The molecule has 0 saturated carbocycles. The van der Waals surface area contributed by atoms with E-state index in [9.17, 15) is 18.0 Å². The van der Waals surface area contributed by atoms with E-state index in [2.05, 4.69) is 30.2 Å². The first-order chi connectivity index (χ1) is 18.1. The van der Waals surface area contributed by atoms with Crippen LogP contribution in [0.3, 0.4) is 0 Å². The Morgan fingerprint density at radius 1 is 1.11 bits per heavy atom. The van der Waals surface area contributed by atoms with E-state index >= 15 is 0 Å². The highest BCUT2D eigenvalue weighted by molar-refractivity contribution is 7.22. The fourth-order valence-corrected chi connectivity index (χ4v) is 5.22. The van der Waals surface area contributed by atoms with Crippen LogP contribution in [-0.4, -0.2) is 53.4 Å². The van der Waals surface area contributed by atoms with Gasteiger partial charge in [-0.3, -0.25) is 0 Å². The summed E-state index contributed by atoms with van der Waals surface area (Å²) in [6.07, 6.45) is -3.08. The highest BCUT2D eigenvalue weighted by Gasteiger charge is 2.31. The third-order valence-electron chi connectivity index (χ3n) is 5.94. The fourth-order valence-electron chi connectivity index (χ4n) is 4.04. The third kappa shape index (κ3) is 6.03. The molecule has 0 bridgehead atoms. The van der Waals surface area contributed by atoms with Gasteiger partial charge in [0.2, 0.25) is 0 Å². The zero-order valence-electron chi connectivity index (χ0n) is 20.1. The van der Waals surface area contributed by atoms with E-state index in [4.69, 9.17) is 11.6 Å². The number of rotatable bonds is 5. The number of nitrogens with one attached hydrogen (secondary N) is 2. The van der Waals surface area contributed by atoms with Crippen LogP contribution in [0.2, 0.25) is 5.02 Å². The Hall–Kier alpha value is -3.77. The summed E-state index contributed by atoms with van der Waals surface area (Å²) >= 11 is 7.44. The quantitative estimate of drug-likeness (QED) is 0.283. The van der Waals surface area contributed by atoms with E-state index in [0.717, 1.165) is 11.4 Å². The lowest BCUT2D eigenvalue weighted by molar-refractivity contribution is -0.274. The molecule has 3 heterocycles. The molecule has 5 rings (SSSR count). The molecule has 8 nitrogen and oxygen atoms in total. The number of aryl methyl sites for hydroxylation is 1. The molecule has 198 valence electrons. The summed E-state index contributed by atoms with van der Waals surface area (Å²) in [7, 11) is 0. The topological polar surface area (TPSA) is 82.6 Å². The Morgan fingerprint density at radius 3 is 2.58 bits per heavy atom. The Labute approximate surface area is 225 Å². The molecule has 0 radical (unpaired) electrons. The minimum Gasteiger partial charge on any atom is -0.406 e. The Morgan fingerprint density at radius 2 is 1.89 bits per heavy atom. The van der Waals surface area contributed by atoms with Gasteiger partial charge < -0.3 is 25.2 Å². The molecule has 0 spiro atoms. The number of anilines is 4. The molecule has 1 aliphatic rings. The molecule has 2 amide bonds. The highest BCUT2D eigenvalue weighted by Crippen LogP contribution is 2.33. The van der Waals surface area contributed by atoms with Crippen molar-refractivity contribution in [3.8, 4) is 5.75 Å². The summed E-state index contributed by atoms with van der Waals surface area (Å²) < 4.78 is 42.0. The predicted molar refractivity (Wildman–Crippen MR) is 143 cm³/mol. The third-order valence-corrected chi connectivity index (χ3v) is 7.19. The number of alkyl halides is 3. The molecule has 2 aromatic carbocycles. The van der Waals surface area contributed by atoms with Crippen LogP contribution in [0.15, 0.2) is 54.7 Å². The maximum atomic E-state index is 12.7. The molecule has 1 aliphatic heterocycles. The molecule has 0 atom stereocenters. The van der Waals surface area contributed by atoms with Crippen LogP contribution < -0.4 is 20.3 Å². The average Bonchev–Trinajstić information content (AvgIpc) is 3.27. The number of carbonyl (C=O) groups is 1. The second-order valence-corrected chi connectivity index (χ2v) is 10.0. The Bertz CT molecular complexity index is 1440. The number of carbonyl (C=O) groups excluding carboxylic acids is 1. The fraction of sp³-hybridized carbons (Fsp3) is 0.240. The van der Waals surface area contributed by atoms with Gasteiger partial charge in [0.1, 0.15) is 11.6 Å². The van der Waals surface area contributed by atoms with Gasteiger partial charge in [-0.1, -0.05) is 35.1 Å². The number of aromatic nitrogens is 2. The van der Waals surface area contributed by atoms with Crippen molar-refractivity contribution in [2.24, 2.45) is 0 Å². The van der Waals surface area contributed by atoms with E-state index in [1.165, 1.54) is 29.5 Å². The molecular weight excluding hydrogens is 541 g/mol. The van der Waals surface area contributed by atoms with Crippen molar-refractivity contribution in [1.29, 1.82) is 0 Å². The number of hydrogen-bond acceptors (Lipinski definition) is 7. The maximum Gasteiger partial charge on any atom is 0.573 e. The van der Waals surface area contributed by atoms with Crippen molar-refractivity contribution < 1.29 is 22.7 Å². The second-order valence-electron chi connectivity index (χ2n) is 8.56. The van der Waals surface area contributed by atoms with Crippen LogP contribution >= 0.6 is 22.9 Å². The molecule has 4 aromatic rings. The number of ether oxygens (including phenoxy) is 1. The summed E-state index contributed by atoms with van der Waals surface area (Å²) in [5, 5.41) is 7.06. The molecular formula is C25H22ClF3N6O2S. The number of para-hydroxylation sites is 1. The molecule has 2 N–H and O–H groups in total. The van der Waals surface area contributed by atoms with E-state index in [-0.39, 0.29) is 11.8 Å². The molecule has 38 heavy (non-hydrogen) atoms. The molecule has 13 heteroatoms. The number of pyridine rings is 1. The molecule has 0 aliphatic carbocycles. The zero-order valence-corrected chi connectivity index (χ0v) is 21.6. The first-order valence-electron chi connectivity index (χ1n) is 11.6. The summed E-state index contributed by atoms with van der Waals surface area (Å²) in [5.41, 5.74) is 2.76. The van der Waals surface area contributed by atoms with Crippen molar-refractivity contribution in [2.75, 3.05) is 41.7 Å². The van der Waals surface area contributed by atoms with Gasteiger partial charge in [-0.15, -0.1) is 13.2 Å². The SMILES string of the molecule is Cc1cccc(Cl)c1NC(=O)N1CCN(c2ccc(Nc3nc4ccc(OC(F)(F)F)cc4s3)cn2)CC1. The number of fused-ring (bicyclic) bond motifs is 1. The van der Waals surface area contributed by atoms with Crippen LogP contribution in [0, 0.1) is 6.92 Å². The minimum absolute atomic E-state index is 0.193. The summed E-state index contributed by atoms with van der Waals surface area (Å²) in [6.45, 7) is 4.19. The highest BCUT2D eigenvalue weighted by atomic mass is 35.5. The molecule has 1 fully saturated rings. The lowest BCUT2D eigenvalue weighted by Gasteiger charge is -2.35. The van der Waals surface area contributed by atoms with Gasteiger partial charge in [0, 0.05) is 32.2 Å². The maximum absolute atomic E-state index is 12.7. The lowest BCUT2D eigenvalue weighted by Crippen LogP contribution is -2.50. The monoisotopic (exact) mass is 562 g/mol. The Balaban J connectivity index is 1.17. The summed E-state index contributed by atoms with van der Waals surface area (Å²) in [4.78, 5) is 25.5. The average molecular weight is 563 g/mol. The smallest absolute Gasteiger partial charge is 0.406 e. The van der Waals surface area contributed by atoms with Gasteiger partial charge in [0.05, 0.1) is 32.8 Å². The number of halogens is 4. The van der Waals surface area contributed by atoms with Crippen LogP contribution in [0.25, 0.3) is 10.2 Å². The molecule has 2 aromatic heterocycles. The van der Waals surface area contributed by atoms with Crippen LogP contribution in [0.5, 0.6) is 5.75 Å². The zero-order chi connectivity index (χ0) is 26.9. The largest absolute Gasteiger partial charge is 0.573 e. The van der Waals surface area contributed by atoms with E-state index in [0.29, 0.717) is 57.9 Å². The van der Waals surface area contributed by atoms with Crippen molar-refractivity contribution in [2.45, 2.75) is 13.3 Å². The summed E-state index contributed by atoms with van der Waals surface area (Å²) in [6, 6.07) is 13.0. The van der Waals surface area contributed by atoms with Gasteiger partial charge in [0.15, 0.2) is 5.13 Å². The van der Waals surface area contributed by atoms with Gasteiger partial charge in [-0.2, -0.15) is 0 Å². The number of thiazole rings is 1. The molecule has 0 unspecified atom stereocenters. The molecule has 1 saturated heterocycles. The van der Waals surface area contributed by atoms with Crippen molar-refractivity contribution in [1.82, 2.24) is 14.9 Å². The van der Waals surface area contributed by atoms with E-state index < -0.39 is 6.36 Å².